The van der Waals surface area contributed by atoms with Gasteiger partial charge in [-0.3, -0.25) is 0 Å². The van der Waals surface area contributed by atoms with Crippen molar-refractivity contribution in [3.05, 3.63) is 77.6 Å². The molecular formula is C35H43F3O4. The van der Waals surface area contributed by atoms with E-state index < -0.39 is 23.4 Å². The van der Waals surface area contributed by atoms with Crippen molar-refractivity contribution in [3.8, 4) is 28.4 Å². The highest BCUT2D eigenvalue weighted by Crippen LogP contribution is 2.31. The molecule has 0 unspecified atom stereocenters. The van der Waals surface area contributed by atoms with Crippen LogP contribution in [0, 0.1) is 17.5 Å². The van der Waals surface area contributed by atoms with Crippen LogP contribution in [0.2, 0.25) is 0 Å². The van der Waals surface area contributed by atoms with E-state index in [0.717, 1.165) is 38.5 Å². The van der Waals surface area contributed by atoms with Gasteiger partial charge in [0, 0.05) is 11.6 Å². The molecule has 7 heteroatoms. The summed E-state index contributed by atoms with van der Waals surface area (Å²) in [6.45, 7) is 5.16. The number of unbranched alkanes of at least 4 members (excludes halogenated alkanes) is 10. The normalized spacial score (nSPS) is 11.0. The quantitative estimate of drug-likeness (QED) is 0.0799. The predicted molar refractivity (Wildman–Crippen MR) is 161 cm³/mol. The first kappa shape index (κ1) is 33.0. The summed E-state index contributed by atoms with van der Waals surface area (Å²) in [4.78, 5) is 12.6. The molecule has 228 valence electrons. The minimum Gasteiger partial charge on any atom is -0.493 e. The molecule has 0 aliphatic rings. The van der Waals surface area contributed by atoms with Crippen LogP contribution in [0.4, 0.5) is 13.2 Å². The smallest absolute Gasteiger partial charge is 0.343 e. The highest BCUT2D eigenvalue weighted by Gasteiger charge is 2.17. The summed E-state index contributed by atoms with van der Waals surface area (Å²) in [7, 11) is 0. The predicted octanol–water partition coefficient (Wildman–Crippen LogP) is 10.5. The monoisotopic (exact) mass is 584 g/mol. The topological polar surface area (TPSA) is 44.8 Å². The lowest BCUT2D eigenvalue weighted by Gasteiger charge is -2.11. The number of hydrogen-bond donors (Lipinski definition) is 0. The van der Waals surface area contributed by atoms with Crippen molar-refractivity contribution >= 4 is 5.97 Å². The zero-order valence-corrected chi connectivity index (χ0v) is 24.9. The van der Waals surface area contributed by atoms with Crippen LogP contribution < -0.4 is 14.2 Å². The summed E-state index contributed by atoms with van der Waals surface area (Å²) in [6, 6.07) is 12.8. The average molecular weight is 585 g/mol. The summed E-state index contributed by atoms with van der Waals surface area (Å²) in [5, 5.41) is 0. The molecule has 3 aromatic rings. The first-order valence-electron chi connectivity index (χ1n) is 15.3. The molecule has 0 saturated heterocycles. The Morgan fingerprint density at radius 2 is 1.19 bits per heavy atom. The molecular weight excluding hydrogens is 541 g/mol. The molecule has 0 atom stereocenters. The number of ether oxygens (including phenoxy) is 3. The number of esters is 1. The summed E-state index contributed by atoms with van der Waals surface area (Å²) >= 11 is 0. The van der Waals surface area contributed by atoms with Gasteiger partial charge >= 0.3 is 5.97 Å². The lowest BCUT2D eigenvalue weighted by Crippen LogP contribution is -2.09. The zero-order chi connectivity index (χ0) is 30.2. The summed E-state index contributed by atoms with van der Waals surface area (Å²) < 4.78 is 60.4. The number of carbonyl (C=O) groups excluding carboxylic acids is 1. The van der Waals surface area contributed by atoms with Crippen molar-refractivity contribution in [2.45, 2.75) is 90.9 Å². The van der Waals surface area contributed by atoms with Gasteiger partial charge in [0.15, 0.2) is 23.1 Å². The number of benzene rings is 3. The van der Waals surface area contributed by atoms with Crippen molar-refractivity contribution in [3.63, 3.8) is 0 Å². The Labute approximate surface area is 248 Å². The van der Waals surface area contributed by atoms with Crippen LogP contribution in [0.3, 0.4) is 0 Å². The van der Waals surface area contributed by atoms with Gasteiger partial charge in [0.05, 0.1) is 18.8 Å². The van der Waals surface area contributed by atoms with Crippen LogP contribution in [-0.4, -0.2) is 19.2 Å². The van der Waals surface area contributed by atoms with E-state index in [1.54, 1.807) is 6.07 Å². The lowest BCUT2D eigenvalue weighted by atomic mass is 10.0. The Hall–Kier alpha value is -3.48. The Balaban J connectivity index is 1.51. The van der Waals surface area contributed by atoms with Crippen LogP contribution >= 0.6 is 0 Å². The van der Waals surface area contributed by atoms with Crippen LogP contribution in [-0.2, 0) is 0 Å². The molecule has 3 rings (SSSR count). The molecule has 4 nitrogen and oxygen atoms in total. The molecule has 0 N–H and O–H groups in total. The van der Waals surface area contributed by atoms with E-state index in [1.165, 1.54) is 87.1 Å². The van der Waals surface area contributed by atoms with E-state index in [1.807, 2.05) is 0 Å². The number of halogens is 3. The summed E-state index contributed by atoms with van der Waals surface area (Å²) in [5.41, 5.74) is 0.562. The van der Waals surface area contributed by atoms with Crippen molar-refractivity contribution in [1.82, 2.24) is 0 Å². The maximum atomic E-state index is 14.8. The third-order valence-electron chi connectivity index (χ3n) is 7.11. The zero-order valence-electron chi connectivity index (χ0n) is 24.9. The standard InChI is InChI=1S/C35H43F3O4/c1-3-5-7-9-11-13-23-40-28-19-21-31(30(36)25-28)42-35(39)27-17-15-26(16-18-27)29-20-22-32(34(38)33(29)37)41-24-14-12-10-8-6-4-2/h15-22,25H,3-14,23-24H2,1-2H3. The van der Waals surface area contributed by atoms with E-state index in [4.69, 9.17) is 14.2 Å². The van der Waals surface area contributed by atoms with Crippen molar-refractivity contribution in [1.29, 1.82) is 0 Å². The second-order valence-electron chi connectivity index (χ2n) is 10.5. The van der Waals surface area contributed by atoms with Crippen molar-refractivity contribution in [2.75, 3.05) is 13.2 Å². The molecule has 0 heterocycles. The summed E-state index contributed by atoms with van der Waals surface area (Å²) in [6.07, 6.45) is 13.2. The van der Waals surface area contributed by atoms with Gasteiger partial charge < -0.3 is 14.2 Å². The van der Waals surface area contributed by atoms with Gasteiger partial charge in [-0.25, -0.2) is 13.6 Å². The van der Waals surface area contributed by atoms with Gasteiger partial charge in [0.1, 0.15) is 5.75 Å². The maximum Gasteiger partial charge on any atom is 0.343 e. The fraction of sp³-hybridized carbons (Fsp3) is 0.457. The van der Waals surface area contributed by atoms with E-state index in [0.29, 0.717) is 24.5 Å². The Morgan fingerprint density at radius 1 is 0.619 bits per heavy atom. The van der Waals surface area contributed by atoms with Gasteiger partial charge in [-0.05, 0) is 54.8 Å². The number of rotatable bonds is 19. The molecule has 0 radical (unpaired) electrons. The Kier molecular flexibility index (Phi) is 14.3. The second-order valence-corrected chi connectivity index (χ2v) is 10.5. The fourth-order valence-corrected chi connectivity index (χ4v) is 4.60. The molecule has 0 spiro atoms. The third-order valence-corrected chi connectivity index (χ3v) is 7.11. The van der Waals surface area contributed by atoms with Crippen LogP contribution in [0.15, 0.2) is 54.6 Å². The molecule has 42 heavy (non-hydrogen) atoms. The fourth-order valence-electron chi connectivity index (χ4n) is 4.60. The number of hydrogen-bond acceptors (Lipinski definition) is 4. The molecule has 0 fully saturated rings. The van der Waals surface area contributed by atoms with Crippen LogP contribution in [0.5, 0.6) is 17.2 Å². The minimum atomic E-state index is -1.04. The summed E-state index contributed by atoms with van der Waals surface area (Å²) in [5.74, 6) is -3.52. The van der Waals surface area contributed by atoms with Gasteiger partial charge in [-0.15, -0.1) is 0 Å². The van der Waals surface area contributed by atoms with Crippen LogP contribution in [0.1, 0.15) is 101 Å². The largest absolute Gasteiger partial charge is 0.493 e. The molecule has 0 aliphatic heterocycles. The first-order valence-corrected chi connectivity index (χ1v) is 15.3. The average Bonchev–Trinajstić information content (AvgIpc) is 2.99. The van der Waals surface area contributed by atoms with E-state index >= 15 is 0 Å². The highest BCUT2D eigenvalue weighted by atomic mass is 19.2. The Bertz CT molecular complexity index is 1240. The molecule has 0 bridgehead atoms. The Morgan fingerprint density at radius 3 is 1.81 bits per heavy atom. The molecule has 3 aromatic carbocycles. The third kappa shape index (κ3) is 10.4. The van der Waals surface area contributed by atoms with E-state index in [-0.39, 0.29) is 22.6 Å². The molecule has 0 amide bonds. The maximum absolute atomic E-state index is 14.8. The molecule has 0 aromatic heterocycles. The van der Waals surface area contributed by atoms with E-state index in [2.05, 4.69) is 13.8 Å². The first-order chi connectivity index (χ1) is 20.4. The number of carbonyl (C=O) groups is 1. The van der Waals surface area contributed by atoms with Gasteiger partial charge in [0.25, 0.3) is 0 Å². The van der Waals surface area contributed by atoms with Crippen molar-refractivity contribution in [2.24, 2.45) is 0 Å². The minimum absolute atomic E-state index is 0.0434. The SMILES string of the molecule is CCCCCCCCOc1ccc(OC(=O)c2ccc(-c3ccc(OCCCCCCCC)c(F)c3F)cc2)c(F)c1. The molecule has 0 aliphatic carbocycles. The molecule has 0 saturated carbocycles. The van der Waals surface area contributed by atoms with Gasteiger partial charge in [-0.2, -0.15) is 4.39 Å². The highest BCUT2D eigenvalue weighted by molar-refractivity contribution is 5.91. The van der Waals surface area contributed by atoms with Gasteiger partial charge in [-0.1, -0.05) is 90.2 Å². The second kappa shape index (κ2) is 18.1. The van der Waals surface area contributed by atoms with Gasteiger partial charge in [0.2, 0.25) is 5.82 Å². The van der Waals surface area contributed by atoms with Crippen LogP contribution in [0.25, 0.3) is 11.1 Å². The van der Waals surface area contributed by atoms with E-state index in [9.17, 15) is 18.0 Å². The lowest BCUT2D eigenvalue weighted by molar-refractivity contribution is 0.0727. The van der Waals surface area contributed by atoms with Crippen molar-refractivity contribution < 1.29 is 32.2 Å².